The molecular formula is C8H9N3O. The molecule has 4 heteroatoms. The van der Waals surface area contributed by atoms with Crippen molar-refractivity contribution in [2.75, 3.05) is 5.73 Å². The molecule has 0 atom stereocenters. The zero-order chi connectivity index (χ0) is 8.55. The number of hydrogen-bond donors (Lipinski definition) is 1. The van der Waals surface area contributed by atoms with Gasteiger partial charge in [-0.2, -0.15) is 4.98 Å². The smallest absolute Gasteiger partial charge is 0.292 e. The van der Waals surface area contributed by atoms with Crippen LogP contribution in [0.3, 0.4) is 0 Å². The van der Waals surface area contributed by atoms with Crippen LogP contribution in [-0.4, -0.2) is 9.55 Å². The summed E-state index contributed by atoms with van der Waals surface area (Å²) in [6.45, 7) is 0. The molecule has 0 radical (unpaired) electrons. The van der Waals surface area contributed by atoms with Crippen molar-refractivity contribution in [3.63, 3.8) is 0 Å². The SMILES string of the molecule is Cn1ccc(-c2coc(N)n2)c1. The van der Waals surface area contributed by atoms with Crippen molar-refractivity contribution in [1.29, 1.82) is 0 Å². The predicted octanol–water partition coefficient (Wildman–Crippen LogP) is 1.26. The van der Waals surface area contributed by atoms with Gasteiger partial charge < -0.3 is 14.7 Å². The first-order chi connectivity index (χ1) is 5.75. The van der Waals surface area contributed by atoms with Crippen LogP contribution in [0.4, 0.5) is 6.01 Å². The molecule has 0 fully saturated rings. The normalized spacial score (nSPS) is 10.4. The standard InChI is InChI=1S/C8H9N3O/c1-11-3-2-6(4-11)7-5-12-8(9)10-7/h2-5H,1H3,(H2,9,10). The first-order valence-corrected chi connectivity index (χ1v) is 3.59. The van der Waals surface area contributed by atoms with Crippen molar-refractivity contribution in [2.24, 2.45) is 7.05 Å². The Morgan fingerprint density at radius 1 is 1.58 bits per heavy atom. The van der Waals surface area contributed by atoms with E-state index in [0.29, 0.717) is 0 Å². The maximum Gasteiger partial charge on any atom is 0.292 e. The first kappa shape index (κ1) is 6.97. The highest BCUT2D eigenvalue weighted by Gasteiger charge is 2.03. The number of anilines is 1. The van der Waals surface area contributed by atoms with E-state index >= 15 is 0 Å². The summed E-state index contributed by atoms with van der Waals surface area (Å²) in [5.41, 5.74) is 7.12. The molecule has 0 spiro atoms. The lowest BCUT2D eigenvalue weighted by Gasteiger charge is -1.86. The van der Waals surface area contributed by atoms with E-state index in [0.717, 1.165) is 11.3 Å². The molecule has 0 aromatic carbocycles. The molecular weight excluding hydrogens is 154 g/mol. The van der Waals surface area contributed by atoms with Crippen molar-refractivity contribution in [3.05, 3.63) is 24.7 Å². The molecule has 12 heavy (non-hydrogen) atoms. The van der Waals surface area contributed by atoms with E-state index in [1.807, 2.05) is 30.1 Å². The number of nitrogens with zero attached hydrogens (tertiary/aromatic N) is 2. The van der Waals surface area contributed by atoms with Crippen LogP contribution >= 0.6 is 0 Å². The minimum atomic E-state index is 0.203. The van der Waals surface area contributed by atoms with Crippen LogP contribution in [0.2, 0.25) is 0 Å². The van der Waals surface area contributed by atoms with E-state index in [1.54, 1.807) is 6.26 Å². The number of rotatable bonds is 1. The summed E-state index contributed by atoms with van der Waals surface area (Å²) in [5, 5.41) is 0. The summed E-state index contributed by atoms with van der Waals surface area (Å²) < 4.78 is 6.83. The molecule has 2 heterocycles. The van der Waals surface area contributed by atoms with E-state index in [-0.39, 0.29) is 6.01 Å². The van der Waals surface area contributed by atoms with E-state index in [2.05, 4.69) is 4.98 Å². The molecule has 2 aromatic rings. The molecule has 2 N–H and O–H groups in total. The average Bonchev–Trinajstić information content (AvgIpc) is 2.58. The minimum Gasteiger partial charge on any atom is -0.432 e. The molecule has 2 rings (SSSR count). The van der Waals surface area contributed by atoms with Gasteiger partial charge in [-0.25, -0.2) is 0 Å². The van der Waals surface area contributed by atoms with Gasteiger partial charge in [0, 0.05) is 25.0 Å². The molecule has 0 saturated carbocycles. The Morgan fingerprint density at radius 3 is 2.92 bits per heavy atom. The molecule has 0 amide bonds. The summed E-state index contributed by atoms with van der Waals surface area (Å²) in [4.78, 5) is 3.99. The first-order valence-electron chi connectivity index (χ1n) is 3.59. The Labute approximate surface area is 69.6 Å². The zero-order valence-corrected chi connectivity index (χ0v) is 6.69. The quantitative estimate of drug-likeness (QED) is 0.688. The summed E-state index contributed by atoms with van der Waals surface area (Å²) >= 11 is 0. The number of aryl methyl sites for hydroxylation is 1. The molecule has 0 bridgehead atoms. The van der Waals surface area contributed by atoms with Crippen molar-refractivity contribution < 1.29 is 4.42 Å². The number of hydrogen-bond acceptors (Lipinski definition) is 3. The second kappa shape index (κ2) is 2.41. The highest BCUT2D eigenvalue weighted by atomic mass is 16.4. The van der Waals surface area contributed by atoms with Gasteiger partial charge in [-0.3, -0.25) is 0 Å². The Kier molecular flexibility index (Phi) is 1.40. The van der Waals surface area contributed by atoms with E-state index < -0.39 is 0 Å². The number of aromatic nitrogens is 2. The molecule has 0 aliphatic rings. The maximum atomic E-state index is 5.34. The molecule has 0 unspecified atom stereocenters. The van der Waals surface area contributed by atoms with Gasteiger partial charge in [0.25, 0.3) is 6.01 Å². The van der Waals surface area contributed by atoms with Crippen molar-refractivity contribution >= 4 is 6.01 Å². The van der Waals surface area contributed by atoms with Gasteiger partial charge in [-0.15, -0.1) is 0 Å². The van der Waals surface area contributed by atoms with Gasteiger partial charge in [0.05, 0.1) is 0 Å². The van der Waals surface area contributed by atoms with E-state index in [9.17, 15) is 0 Å². The molecule has 4 nitrogen and oxygen atoms in total. The molecule has 0 saturated heterocycles. The third-order valence-electron chi connectivity index (χ3n) is 1.65. The van der Waals surface area contributed by atoms with Crippen molar-refractivity contribution in [1.82, 2.24) is 9.55 Å². The summed E-state index contributed by atoms with van der Waals surface area (Å²) in [6, 6.07) is 2.16. The summed E-state index contributed by atoms with van der Waals surface area (Å²) in [6.07, 6.45) is 5.45. The molecule has 0 aliphatic heterocycles. The zero-order valence-electron chi connectivity index (χ0n) is 6.69. The van der Waals surface area contributed by atoms with Crippen LogP contribution in [0.25, 0.3) is 11.3 Å². The lowest BCUT2D eigenvalue weighted by molar-refractivity contribution is 0.581. The Bertz CT molecular complexity index is 350. The highest BCUT2D eigenvalue weighted by Crippen LogP contribution is 2.18. The largest absolute Gasteiger partial charge is 0.432 e. The van der Waals surface area contributed by atoms with E-state index in [4.69, 9.17) is 10.2 Å². The van der Waals surface area contributed by atoms with E-state index in [1.165, 1.54) is 0 Å². The predicted molar refractivity (Wildman–Crippen MR) is 45.3 cm³/mol. The summed E-state index contributed by atoms with van der Waals surface area (Å²) in [7, 11) is 1.95. The monoisotopic (exact) mass is 163 g/mol. The lowest BCUT2D eigenvalue weighted by Crippen LogP contribution is -1.83. The Morgan fingerprint density at radius 2 is 2.42 bits per heavy atom. The lowest BCUT2D eigenvalue weighted by atomic mass is 10.3. The van der Waals surface area contributed by atoms with Crippen molar-refractivity contribution in [2.45, 2.75) is 0 Å². The van der Waals surface area contributed by atoms with Gasteiger partial charge in [0.1, 0.15) is 12.0 Å². The number of oxazole rings is 1. The molecule has 0 aliphatic carbocycles. The van der Waals surface area contributed by atoms with Gasteiger partial charge in [0.15, 0.2) is 0 Å². The van der Waals surface area contributed by atoms with Crippen LogP contribution in [0.5, 0.6) is 0 Å². The second-order valence-electron chi connectivity index (χ2n) is 2.64. The summed E-state index contributed by atoms with van der Waals surface area (Å²) in [5.74, 6) is 0. The van der Waals surface area contributed by atoms with Gasteiger partial charge in [-0.05, 0) is 6.07 Å². The fourth-order valence-corrected chi connectivity index (χ4v) is 1.08. The van der Waals surface area contributed by atoms with Gasteiger partial charge >= 0.3 is 0 Å². The number of nitrogens with two attached hydrogens (primary N) is 1. The Balaban J connectivity index is 2.43. The van der Waals surface area contributed by atoms with Gasteiger partial charge in [0.2, 0.25) is 0 Å². The van der Waals surface area contributed by atoms with Crippen LogP contribution in [0.1, 0.15) is 0 Å². The second-order valence-corrected chi connectivity index (χ2v) is 2.64. The van der Waals surface area contributed by atoms with Crippen LogP contribution in [-0.2, 0) is 7.05 Å². The van der Waals surface area contributed by atoms with Crippen molar-refractivity contribution in [3.8, 4) is 11.3 Å². The highest BCUT2D eigenvalue weighted by molar-refractivity contribution is 5.57. The fraction of sp³-hybridized carbons (Fsp3) is 0.125. The topological polar surface area (TPSA) is 57.0 Å². The minimum absolute atomic E-state index is 0.203. The third-order valence-corrected chi connectivity index (χ3v) is 1.65. The van der Waals surface area contributed by atoms with Crippen LogP contribution in [0, 0.1) is 0 Å². The van der Waals surface area contributed by atoms with Crippen LogP contribution in [0.15, 0.2) is 29.1 Å². The maximum absolute atomic E-state index is 5.34. The number of nitrogen functional groups attached to an aromatic ring is 1. The Hall–Kier alpha value is -1.71. The van der Waals surface area contributed by atoms with Gasteiger partial charge in [-0.1, -0.05) is 0 Å². The third kappa shape index (κ3) is 1.07. The molecule has 62 valence electrons. The fourth-order valence-electron chi connectivity index (χ4n) is 1.08. The average molecular weight is 163 g/mol. The molecule has 2 aromatic heterocycles. The van der Waals surface area contributed by atoms with Crippen LogP contribution < -0.4 is 5.73 Å².